The third-order valence-electron chi connectivity index (χ3n) is 6.96. The van der Waals surface area contributed by atoms with Crippen LogP contribution in [0.2, 0.25) is 0 Å². The van der Waals surface area contributed by atoms with Crippen molar-refractivity contribution >= 4 is 23.2 Å². The smallest absolute Gasteiger partial charge is 0.410 e. The molecular weight excluding hydrogens is 478 g/mol. The summed E-state index contributed by atoms with van der Waals surface area (Å²) in [7, 11) is 0. The molecule has 1 aliphatic carbocycles. The molecule has 3 heterocycles. The molecule has 2 aliphatic heterocycles. The Bertz CT molecular complexity index is 971. The van der Waals surface area contributed by atoms with E-state index >= 15 is 0 Å². The van der Waals surface area contributed by atoms with Gasteiger partial charge in [-0.3, -0.25) is 4.98 Å². The molecule has 9 heteroatoms. The molecule has 8 nitrogen and oxygen atoms in total. The van der Waals surface area contributed by atoms with Crippen LogP contribution in [0.3, 0.4) is 0 Å². The highest BCUT2D eigenvalue weighted by Crippen LogP contribution is 2.46. The lowest BCUT2D eigenvalue weighted by Crippen LogP contribution is -2.47. The molecule has 1 aromatic rings. The Morgan fingerprint density at radius 3 is 2.58 bits per heavy atom. The highest BCUT2D eigenvalue weighted by molar-refractivity contribution is 7.91. The number of piperidine rings is 1. The van der Waals surface area contributed by atoms with E-state index in [9.17, 15) is 9.35 Å². The van der Waals surface area contributed by atoms with E-state index in [1.165, 1.54) is 0 Å². The van der Waals surface area contributed by atoms with E-state index < -0.39 is 21.7 Å². The van der Waals surface area contributed by atoms with Crippen LogP contribution in [0.25, 0.3) is 0 Å². The van der Waals surface area contributed by atoms with Crippen LogP contribution in [-0.4, -0.2) is 62.6 Å². The van der Waals surface area contributed by atoms with E-state index in [2.05, 4.69) is 11.1 Å². The third kappa shape index (κ3) is 6.41. The quantitative estimate of drug-likeness (QED) is 0.522. The first-order valence-electron chi connectivity index (χ1n) is 13.1. The molecule has 0 aromatic carbocycles. The van der Waals surface area contributed by atoms with Gasteiger partial charge in [-0.05, 0) is 91.7 Å². The molecule has 4 rings (SSSR count). The fraction of sp³-hybridized carbons (Fsp3) is 0.741. The van der Waals surface area contributed by atoms with Crippen molar-refractivity contribution in [1.29, 1.82) is 0 Å². The van der Waals surface area contributed by atoms with Gasteiger partial charge >= 0.3 is 6.09 Å². The topological polar surface area (TPSA) is 96.3 Å². The third-order valence-corrected chi connectivity index (χ3v) is 8.35. The van der Waals surface area contributed by atoms with Crippen LogP contribution in [0.15, 0.2) is 16.7 Å². The number of hydrogen-bond acceptors (Lipinski definition) is 7. The van der Waals surface area contributed by atoms with Gasteiger partial charge in [-0.25, -0.2) is 4.79 Å². The van der Waals surface area contributed by atoms with Crippen molar-refractivity contribution < 1.29 is 23.6 Å². The van der Waals surface area contributed by atoms with E-state index in [1.54, 1.807) is 4.90 Å². The maximum absolute atomic E-state index is 13.1. The zero-order valence-electron chi connectivity index (χ0n) is 22.6. The molecule has 3 aliphatic rings. The molecule has 1 unspecified atom stereocenters. The van der Waals surface area contributed by atoms with Crippen LogP contribution in [0.4, 0.5) is 4.79 Å². The second kappa shape index (κ2) is 10.6. The second-order valence-electron chi connectivity index (χ2n) is 12.2. The van der Waals surface area contributed by atoms with Crippen LogP contribution in [0, 0.1) is 5.41 Å². The summed E-state index contributed by atoms with van der Waals surface area (Å²) in [6.07, 6.45) is 6.81. The number of likely N-dealkylation sites (tertiary alicyclic amines) is 1. The highest BCUT2D eigenvalue weighted by Gasteiger charge is 2.48. The number of fused-ring (bicyclic) bond motifs is 1. The Balaban J connectivity index is 1.54. The van der Waals surface area contributed by atoms with Crippen LogP contribution in [0.5, 0.6) is 0 Å². The highest BCUT2D eigenvalue weighted by atomic mass is 32.2. The zero-order valence-corrected chi connectivity index (χ0v) is 23.4. The van der Waals surface area contributed by atoms with E-state index in [0.29, 0.717) is 19.7 Å². The first-order valence-corrected chi connectivity index (χ1v) is 14.2. The lowest BCUT2D eigenvalue weighted by molar-refractivity contribution is -0.169. The van der Waals surface area contributed by atoms with Crippen LogP contribution >= 0.6 is 0 Å². The Hall–Kier alpha value is -1.68. The first kappa shape index (κ1) is 27.4. The molecule has 2 saturated heterocycles. The van der Waals surface area contributed by atoms with E-state index in [-0.39, 0.29) is 17.8 Å². The van der Waals surface area contributed by atoms with Gasteiger partial charge < -0.3 is 23.7 Å². The lowest BCUT2D eigenvalue weighted by atomic mass is 9.74. The Morgan fingerprint density at radius 1 is 1.25 bits per heavy atom. The average molecular weight is 520 g/mol. The molecule has 1 amide bonds. The minimum absolute atomic E-state index is 0.163. The van der Waals surface area contributed by atoms with Gasteiger partial charge in [0.25, 0.3) is 0 Å². The van der Waals surface area contributed by atoms with Crippen molar-refractivity contribution in [1.82, 2.24) is 9.88 Å². The Labute approximate surface area is 218 Å². The van der Waals surface area contributed by atoms with E-state index in [4.69, 9.17) is 18.6 Å². The second-order valence-corrected chi connectivity index (χ2v) is 14.1. The molecular formula is C27H41N3O5S. The fourth-order valence-electron chi connectivity index (χ4n) is 4.96. The Morgan fingerprint density at radius 2 is 1.97 bits per heavy atom. The van der Waals surface area contributed by atoms with Gasteiger partial charge in [0, 0.05) is 36.9 Å². The fourth-order valence-corrected chi connectivity index (χ4v) is 5.69. The van der Waals surface area contributed by atoms with E-state index in [0.717, 1.165) is 67.7 Å². The van der Waals surface area contributed by atoms with Crippen LogP contribution in [0.1, 0.15) is 90.5 Å². The molecule has 2 atom stereocenters. The van der Waals surface area contributed by atoms with Crippen molar-refractivity contribution in [2.24, 2.45) is 9.81 Å². The van der Waals surface area contributed by atoms with Gasteiger partial charge in [-0.2, -0.15) is 0 Å². The summed E-state index contributed by atoms with van der Waals surface area (Å²) in [4.78, 5) is 19.1. The SMILES string of the molecule is CC(C)(C)OC(=O)N1CCC2(CC1)Cc1cc(COC3CCCCO3)ncc1/C2=N\[S@+]([O-])C(C)(C)C. The molecule has 0 N–H and O–H groups in total. The van der Waals surface area contributed by atoms with Gasteiger partial charge in [0.05, 0.1) is 12.3 Å². The normalized spacial score (nSPS) is 24.1. The number of pyridine rings is 1. The van der Waals surface area contributed by atoms with Gasteiger partial charge in [0.15, 0.2) is 6.29 Å². The molecule has 0 radical (unpaired) electrons. The van der Waals surface area contributed by atoms with Crippen LogP contribution in [-0.2, 0) is 38.6 Å². The predicted molar refractivity (Wildman–Crippen MR) is 140 cm³/mol. The number of ether oxygens (including phenoxy) is 3. The Kier molecular flexibility index (Phi) is 8.05. The van der Waals surface area contributed by atoms with E-state index in [1.807, 2.05) is 47.7 Å². The molecule has 1 spiro atoms. The minimum Gasteiger partial charge on any atom is -0.591 e. The number of nitrogens with zero attached hydrogens (tertiary/aromatic N) is 3. The summed E-state index contributed by atoms with van der Waals surface area (Å²) in [5, 5.41) is 0. The monoisotopic (exact) mass is 519 g/mol. The number of carbonyl (C=O) groups excluding carboxylic acids is 1. The summed E-state index contributed by atoms with van der Waals surface area (Å²) in [5.74, 6) is 0. The minimum atomic E-state index is -1.39. The van der Waals surface area contributed by atoms with Crippen molar-refractivity contribution in [3.05, 3.63) is 29.1 Å². The molecule has 2 fully saturated rings. The predicted octanol–water partition coefficient (Wildman–Crippen LogP) is 4.95. The number of amides is 1. The molecule has 0 saturated carbocycles. The van der Waals surface area contributed by atoms with Crippen molar-refractivity contribution in [2.75, 3.05) is 19.7 Å². The maximum Gasteiger partial charge on any atom is 0.410 e. The molecule has 200 valence electrons. The zero-order chi connectivity index (χ0) is 26.1. The maximum atomic E-state index is 13.1. The number of carbonyl (C=O) groups is 1. The molecule has 1 aromatic heterocycles. The van der Waals surface area contributed by atoms with Gasteiger partial charge in [0.1, 0.15) is 27.4 Å². The van der Waals surface area contributed by atoms with Gasteiger partial charge in [-0.15, -0.1) is 0 Å². The average Bonchev–Trinajstić information content (AvgIpc) is 3.08. The van der Waals surface area contributed by atoms with Gasteiger partial charge in [-0.1, -0.05) is 4.40 Å². The van der Waals surface area contributed by atoms with Crippen molar-refractivity contribution in [3.63, 3.8) is 0 Å². The lowest BCUT2D eigenvalue weighted by Gasteiger charge is -2.39. The van der Waals surface area contributed by atoms with Crippen LogP contribution < -0.4 is 0 Å². The summed E-state index contributed by atoms with van der Waals surface area (Å²) >= 11 is -1.39. The van der Waals surface area contributed by atoms with Crippen molar-refractivity contribution in [3.8, 4) is 0 Å². The number of rotatable bonds is 4. The summed E-state index contributed by atoms with van der Waals surface area (Å²) < 4.78 is 34.7. The first-order chi connectivity index (χ1) is 16.9. The number of aromatic nitrogens is 1. The number of hydrogen-bond donors (Lipinski definition) is 0. The summed E-state index contributed by atoms with van der Waals surface area (Å²) in [5.41, 5.74) is 3.06. The van der Waals surface area contributed by atoms with Gasteiger partial charge in [0.2, 0.25) is 0 Å². The summed E-state index contributed by atoms with van der Waals surface area (Å²) in [6.45, 7) is 13.8. The molecule has 0 bridgehead atoms. The largest absolute Gasteiger partial charge is 0.591 e. The molecule has 36 heavy (non-hydrogen) atoms. The summed E-state index contributed by atoms with van der Waals surface area (Å²) in [6, 6.07) is 2.10. The van der Waals surface area contributed by atoms with Crippen molar-refractivity contribution in [2.45, 2.75) is 103 Å². The standard InChI is InChI=1S/C27H41N3O5S/c1-25(2,3)35-24(31)30-12-10-27(11-13-30)16-19-15-20(18-34-22-9-7-8-14-33-22)28-17-21(19)23(27)29-36(32)26(4,5)6/h15,17,22H,7-14,16,18H2,1-6H3/b29-23+/t22?,36-/m1/s1.